The van der Waals surface area contributed by atoms with Crippen molar-refractivity contribution < 1.29 is 4.79 Å². The lowest BCUT2D eigenvalue weighted by Gasteiger charge is -2.41. The number of carbonyl (C=O) groups excluding carboxylic acids is 1. The zero-order chi connectivity index (χ0) is 21.3. The fourth-order valence-electron chi connectivity index (χ4n) is 5.95. The predicted molar refractivity (Wildman–Crippen MR) is 125 cm³/mol. The molecule has 2 aromatic rings. The van der Waals surface area contributed by atoms with Crippen LogP contribution in [-0.4, -0.2) is 47.4 Å². The van der Waals surface area contributed by atoms with E-state index in [1.165, 1.54) is 54.5 Å². The van der Waals surface area contributed by atoms with Gasteiger partial charge in [-0.05, 0) is 75.6 Å². The first-order valence-electron chi connectivity index (χ1n) is 12.1. The molecule has 4 heteroatoms. The average Bonchev–Trinajstić information content (AvgIpc) is 3.11. The van der Waals surface area contributed by atoms with Crippen LogP contribution in [-0.2, 0) is 11.2 Å². The van der Waals surface area contributed by atoms with Gasteiger partial charge in [0.1, 0.15) is 0 Å². The molecular weight excluding hydrogens is 370 g/mol. The van der Waals surface area contributed by atoms with Gasteiger partial charge in [-0.2, -0.15) is 0 Å². The van der Waals surface area contributed by atoms with Gasteiger partial charge in [-0.1, -0.05) is 39.0 Å². The van der Waals surface area contributed by atoms with Crippen LogP contribution in [0.5, 0.6) is 0 Å². The molecule has 0 saturated heterocycles. The standard InChI is InChI=1S/C26H39N3O/c1-5-15-28(4)17-19-10-12-20(13-11-19)26(30)29-16-14-22-21-8-6-7-9-23(21)27-24(22)25(29)18(2)3/h6-9,18-20,25,27H,5,10-17H2,1-4H3/t19-,20-,25?. The number of hydrogen-bond donors (Lipinski definition) is 1. The number of nitrogens with zero attached hydrogens (tertiary/aromatic N) is 2. The number of hydrogen-bond acceptors (Lipinski definition) is 2. The zero-order valence-electron chi connectivity index (χ0n) is 19.3. The number of nitrogens with one attached hydrogen (secondary N) is 1. The van der Waals surface area contributed by atoms with Gasteiger partial charge >= 0.3 is 0 Å². The van der Waals surface area contributed by atoms with Crippen LogP contribution < -0.4 is 0 Å². The lowest BCUT2D eigenvalue weighted by Crippen LogP contribution is -2.46. The molecule has 1 aromatic heterocycles. The number of H-pyrrole nitrogens is 1. The molecule has 1 N–H and O–H groups in total. The van der Waals surface area contributed by atoms with E-state index in [9.17, 15) is 4.79 Å². The lowest BCUT2D eigenvalue weighted by atomic mass is 9.80. The van der Waals surface area contributed by atoms with Crippen molar-refractivity contribution >= 4 is 16.8 Å². The van der Waals surface area contributed by atoms with E-state index in [2.05, 4.69) is 66.9 Å². The zero-order valence-corrected chi connectivity index (χ0v) is 19.3. The summed E-state index contributed by atoms with van der Waals surface area (Å²) in [7, 11) is 2.24. The number of rotatable bonds is 6. The van der Waals surface area contributed by atoms with Crippen molar-refractivity contribution in [3.05, 3.63) is 35.5 Å². The van der Waals surface area contributed by atoms with E-state index in [0.717, 1.165) is 31.7 Å². The molecule has 2 heterocycles. The van der Waals surface area contributed by atoms with Gasteiger partial charge in [0.2, 0.25) is 5.91 Å². The maximum absolute atomic E-state index is 13.6. The third kappa shape index (κ3) is 4.16. The van der Waals surface area contributed by atoms with Crippen molar-refractivity contribution in [1.29, 1.82) is 0 Å². The van der Waals surface area contributed by atoms with Gasteiger partial charge in [0.05, 0.1) is 6.04 Å². The van der Waals surface area contributed by atoms with Crippen LogP contribution in [0.15, 0.2) is 24.3 Å². The van der Waals surface area contributed by atoms with E-state index < -0.39 is 0 Å². The van der Waals surface area contributed by atoms with E-state index in [4.69, 9.17) is 0 Å². The van der Waals surface area contributed by atoms with Crippen molar-refractivity contribution in [3.63, 3.8) is 0 Å². The second kappa shape index (κ2) is 9.13. The molecule has 1 amide bonds. The monoisotopic (exact) mass is 409 g/mol. The first kappa shape index (κ1) is 21.4. The normalized spacial score (nSPS) is 24.6. The fourth-order valence-corrected chi connectivity index (χ4v) is 5.95. The number of para-hydroxylation sites is 1. The summed E-state index contributed by atoms with van der Waals surface area (Å²) in [6.45, 7) is 9.98. The van der Waals surface area contributed by atoms with Crippen LogP contribution in [0.25, 0.3) is 10.9 Å². The van der Waals surface area contributed by atoms with Gasteiger partial charge in [-0.25, -0.2) is 0 Å². The quantitative estimate of drug-likeness (QED) is 0.694. The van der Waals surface area contributed by atoms with Gasteiger partial charge in [0.15, 0.2) is 0 Å². The Morgan fingerprint density at radius 3 is 2.63 bits per heavy atom. The van der Waals surface area contributed by atoms with Gasteiger partial charge in [-0.3, -0.25) is 4.79 Å². The van der Waals surface area contributed by atoms with Crippen molar-refractivity contribution in [2.45, 2.75) is 65.3 Å². The van der Waals surface area contributed by atoms with Crippen molar-refractivity contribution in [3.8, 4) is 0 Å². The highest BCUT2D eigenvalue weighted by molar-refractivity contribution is 5.86. The Kier molecular flexibility index (Phi) is 6.52. The fraction of sp³-hybridized carbons (Fsp3) is 0.654. The van der Waals surface area contributed by atoms with Crippen LogP contribution in [0, 0.1) is 17.8 Å². The molecule has 1 aromatic carbocycles. The molecule has 2 aliphatic rings. The molecule has 1 unspecified atom stereocenters. The van der Waals surface area contributed by atoms with Gasteiger partial charge in [-0.15, -0.1) is 0 Å². The summed E-state index contributed by atoms with van der Waals surface area (Å²) in [6.07, 6.45) is 6.69. The van der Waals surface area contributed by atoms with Crippen molar-refractivity contribution in [1.82, 2.24) is 14.8 Å². The van der Waals surface area contributed by atoms with Gasteiger partial charge < -0.3 is 14.8 Å². The first-order valence-corrected chi connectivity index (χ1v) is 12.1. The molecule has 1 aliphatic heterocycles. The SMILES string of the molecule is CCCN(C)C[C@H]1CC[C@H](C(=O)N2CCc3c([nH]c4ccccc34)C2C(C)C)CC1. The molecule has 1 fully saturated rings. The average molecular weight is 410 g/mol. The number of aromatic amines is 1. The summed E-state index contributed by atoms with van der Waals surface area (Å²) in [5, 5.41) is 1.34. The summed E-state index contributed by atoms with van der Waals surface area (Å²) in [5.74, 6) is 1.77. The molecule has 1 aliphatic carbocycles. The summed E-state index contributed by atoms with van der Waals surface area (Å²) in [6, 6.07) is 8.76. The van der Waals surface area contributed by atoms with Crippen LogP contribution in [0.3, 0.4) is 0 Å². The Hall–Kier alpha value is -1.81. The maximum atomic E-state index is 13.6. The molecule has 4 rings (SSSR count). The Balaban J connectivity index is 1.47. The Morgan fingerprint density at radius 1 is 1.20 bits per heavy atom. The molecule has 0 spiro atoms. The molecule has 4 nitrogen and oxygen atoms in total. The van der Waals surface area contributed by atoms with Crippen LogP contribution in [0.1, 0.15) is 70.2 Å². The van der Waals surface area contributed by atoms with E-state index in [1.54, 1.807) is 0 Å². The lowest BCUT2D eigenvalue weighted by molar-refractivity contribution is -0.141. The first-order chi connectivity index (χ1) is 14.5. The third-order valence-corrected chi connectivity index (χ3v) is 7.37. The highest BCUT2D eigenvalue weighted by atomic mass is 16.2. The minimum absolute atomic E-state index is 0.169. The topological polar surface area (TPSA) is 39.3 Å². The molecule has 164 valence electrons. The van der Waals surface area contributed by atoms with E-state index in [-0.39, 0.29) is 12.0 Å². The smallest absolute Gasteiger partial charge is 0.226 e. The summed E-state index contributed by atoms with van der Waals surface area (Å²) in [5.41, 5.74) is 3.91. The van der Waals surface area contributed by atoms with Gasteiger partial charge in [0, 0.05) is 35.6 Å². The third-order valence-electron chi connectivity index (χ3n) is 7.37. The van der Waals surface area contributed by atoms with Gasteiger partial charge in [0.25, 0.3) is 0 Å². The Bertz CT molecular complexity index is 862. The summed E-state index contributed by atoms with van der Waals surface area (Å²) in [4.78, 5) is 22.0. The second-order valence-corrected chi connectivity index (χ2v) is 10.0. The molecule has 1 saturated carbocycles. The van der Waals surface area contributed by atoms with Crippen LogP contribution in [0.4, 0.5) is 0 Å². The molecule has 0 radical (unpaired) electrons. The van der Waals surface area contributed by atoms with E-state index in [1.807, 2.05) is 0 Å². The van der Waals surface area contributed by atoms with Crippen molar-refractivity contribution in [2.75, 3.05) is 26.7 Å². The molecular formula is C26H39N3O. The minimum Gasteiger partial charge on any atom is -0.356 e. The predicted octanol–water partition coefficient (Wildman–Crippen LogP) is 5.40. The summed E-state index contributed by atoms with van der Waals surface area (Å²) >= 11 is 0. The van der Waals surface area contributed by atoms with E-state index in [0.29, 0.717) is 11.8 Å². The van der Waals surface area contributed by atoms with Crippen LogP contribution >= 0.6 is 0 Å². The van der Waals surface area contributed by atoms with Crippen LogP contribution in [0.2, 0.25) is 0 Å². The Labute approximate surface area is 182 Å². The molecule has 30 heavy (non-hydrogen) atoms. The largest absolute Gasteiger partial charge is 0.356 e. The number of aromatic nitrogens is 1. The number of amides is 1. The number of fused-ring (bicyclic) bond motifs is 3. The number of carbonyl (C=O) groups is 1. The molecule has 0 bridgehead atoms. The second-order valence-electron chi connectivity index (χ2n) is 10.0. The summed E-state index contributed by atoms with van der Waals surface area (Å²) < 4.78 is 0. The highest BCUT2D eigenvalue weighted by Crippen LogP contribution is 2.40. The maximum Gasteiger partial charge on any atom is 0.226 e. The Morgan fingerprint density at radius 2 is 1.93 bits per heavy atom. The van der Waals surface area contributed by atoms with Crippen molar-refractivity contribution in [2.24, 2.45) is 17.8 Å². The highest BCUT2D eigenvalue weighted by Gasteiger charge is 2.38. The minimum atomic E-state index is 0.169. The molecule has 1 atom stereocenters. The number of benzene rings is 1. The van der Waals surface area contributed by atoms with E-state index >= 15 is 0 Å².